The molecule has 0 aromatic carbocycles. The number of rotatable bonds is 4. The summed E-state index contributed by atoms with van der Waals surface area (Å²) in [4.78, 5) is 14.8. The Bertz CT molecular complexity index is 369. The van der Waals surface area contributed by atoms with Gasteiger partial charge in [0.25, 0.3) is 0 Å². The normalized spacial score (nSPS) is 11.6. The number of hydrogen-bond donors (Lipinski definition) is 1. The van der Waals surface area contributed by atoms with Crippen LogP contribution in [0.5, 0.6) is 0 Å². The van der Waals surface area contributed by atoms with E-state index in [-0.39, 0.29) is 5.91 Å². The first-order valence-corrected chi connectivity index (χ1v) is 6.22. The molecule has 0 radical (unpaired) electrons. The predicted octanol–water partition coefficient (Wildman–Crippen LogP) is 2.01. The first kappa shape index (κ1) is 13.2. The van der Waals surface area contributed by atoms with Gasteiger partial charge < -0.3 is 4.90 Å². The molecule has 1 aromatic rings. The number of nitrogens with zero attached hydrogens (tertiary/aromatic N) is 1. The molecular formula is C12H20N2OS. The van der Waals surface area contributed by atoms with Gasteiger partial charge in [-0.1, -0.05) is 0 Å². The van der Waals surface area contributed by atoms with Crippen LogP contribution < -0.4 is 5.32 Å². The topological polar surface area (TPSA) is 32.3 Å². The van der Waals surface area contributed by atoms with Crippen molar-refractivity contribution in [3.63, 3.8) is 0 Å². The van der Waals surface area contributed by atoms with Crippen LogP contribution in [0.25, 0.3) is 0 Å². The molecule has 1 heterocycles. The van der Waals surface area contributed by atoms with E-state index in [0.717, 1.165) is 6.54 Å². The fraction of sp³-hybridized carbons (Fsp3) is 0.583. The Balaban J connectivity index is 2.61. The fourth-order valence-corrected chi connectivity index (χ4v) is 2.37. The third-order valence-corrected chi connectivity index (χ3v) is 3.62. The lowest BCUT2D eigenvalue weighted by Crippen LogP contribution is -2.51. The molecule has 1 amide bonds. The van der Waals surface area contributed by atoms with Gasteiger partial charge >= 0.3 is 0 Å². The van der Waals surface area contributed by atoms with E-state index in [1.165, 1.54) is 10.4 Å². The fourth-order valence-electron chi connectivity index (χ4n) is 1.52. The molecule has 0 bridgehead atoms. The van der Waals surface area contributed by atoms with Crippen LogP contribution in [-0.2, 0) is 11.3 Å². The van der Waals surface area contributed by atoms with Gasteiger partial charge in [0.2, 0.25) is 5.91 Å². The van der Waals surface area contributed by atoms with Gasteiger partial charge in [-0.3, -0.25) is 10.1 Å². The minimum Gasteiger partial charge on any atom is -0.347 e. The first-order valence-electron chi connectivity index (χ1n) is 5.34. The molecule has 3 nitrogen and oxygen atoms in total. The summed E-state index contributed by atoms with van der Waals surface area (Å²) in [5, 5.41) is 5.38. The smallest absolute Gasteiger partial charge is 0.241 e. The zero-order chi connectivity index (χ0) is 12.3. The minimum absolute atomic E-state index is 0.0988. The highest BCUT2D eigenvalue weighted by atomic mass is 32.1. The molecule has 16 heavy (non-hydrogen) atoms. The van der Waals surface area contributed by atoms with E-state index in [9.17, 15) is 4.79 Å². The van der Waals surface area contributed by atoms with Crippen LogP contribution in [0.15, 0.2) is 11.4 Å². The summed E-state index contributed by atoms with van der Waals surface area (Å²) in [7, 11) is 3.56. The molecule has 1 aromatic heterocycles. The van der Waals surface area contributed by atoms with E-state index in [2.05, 4.69) is 23.7 Å². The lowest BCUT2D eigenvalue weighted by Gasteiger charge is -2.28. The molecule has 0 spiro atoms. The highest BCUT2D eigenvalue weighted by molar-refractivity contribution is 7.10. The average molecular weight is 240 g/mol. The molecular weight excluding hydrogens is 220 g/mol. The van der Waals surface area contributed by atoms with Crippen LogP contribution in [0.4, 0.5) is 0 Å². The zero-order valence-electron chi connectivity index (χ0n) is 10.6. The Morgan fingerprint density at radius 1 is 1.50 bits per heavy atom. The van der Waals surface area contributed by atoms with Crippen LogP contribution in [0.2, 0.25) is 0 Å². The number of likely N-dealkylation sites (N-methyl/N-ethyl adjacent to an activating group) is 1. The van der Waals surface area contributed by atoms with Crippen molar-refractivity contribution in [3.8, 4) is 0 Å². The van der Waals surface area contributed by atoms with E-state index >= 15 is 0 Å². The van der Waals surface area contributed by atoms with Crippen LogP contribution in [0, 0.1) is 6.92 Å². The van der Waals surface area contributed by atoms with Gasteiger partial charge in [-0.25, -0.2) is 0 Å². The van der Waals surface area contributed by atoms with Crippen molar-refractivity contribution in [1.29, 1.82) is 0 Å². The van der Waals surface area contributed by atoms with E-state index in [1.807, 2.05) is 13.8 Å². The van der Waals surface area contributed by atoms with Gasteiger partial charge in [-0.05, 0) is 37.8 Å². The summed E-state index contributed by atoms with van der Waals surface area (Å²) in [6, 6.07) is 2.10. The lowest BCUT2D eigenvalue weighted by molar-refractivity contribution is -0.134. The Labute approximate surface area is 101 Å². The standard InChI is InChI=1S/C12H20N2OS/c1-9-6-7-16-10(9)8-13-12(2,3)11(15)14(4)5/h6-7,13H,8H2,1-5H3. The predicted molar refractivity (Wildman–Crippen MR) is 68.7 cm³/mol. The molecule has 4 heteroatoms. The van der Waals surface area contributed by atoms with E-state index in [4.69, 9.17) is 0 Å². The van der Waals surface area contributed by atoms with Gasteiger partial charge in [0.05, 0.1) is 5.54 Å². The highest BCUT2D eigenvalue weighted by Gasteiger charge is 2.28. The third kappa shape index (κ3) is 3.06. The van der Waals surface area contributed by atoms with Crippen molar-refractivity contribution in [1.82, 2.24) is 10.2 Å². The molecule has 90 valence electrons. The van der Waals surface area contributed by atoms with Crippen molar-refractivity contribution in [2.45, 2.75) is 32.9 Å². The van der Waals surface area contributed by atoms with E-state index in [0.29, 0.717) is 0 Å². The summed E-state index contributed by atoms with van der Waals surface area (Å²) in [6.07, 6.45) is 0. The molecule has 0 fully saturated rings. The van der Waals surface area contributed by atoms with Gasteiger partial charge in [0.1, 0.15) is 0 Å². The summed E-state index contributed by atoms with van der Waals surface area (Å²) in [5.74, 6) is 0.0988. The molecule has 0 saturated heterocycles. The number of carbonyl (C=O) groups is 1. The van der Waals surface area contributed by atoms with Crippen molar-refractivity contribution in [2.24, 2.45) is 0 Å². The third-order valence-electron chi connectivity index (χ3n) is 2.60. The molecule has 1 rings (SSSR count). The maximum atomic E-state index is 11.9. The molecule has 0 aliphatic heterocycles. The number of thiophene rings is 1. The summed E-state index contributed by atoms with van der Waals surface area (Å²) in [5.41, 5.74) is 0.769. The monoisotopic (exact) mass is 240 g/mol. The van der Waals surface area contributed by atoms with E-state index < -0.39 is 5.54 Å². The molecule has 0 atom stereocenters. The van der Waals surface area contributed by atoms with Gasteiger partial charge in [-0.2, -0.15) is 0 Å². The van der Waals surface area contributed by atoms with Crippen molar-refractivity contribution >= 4 is 17.2 Å². The molecule has 1 N–H and O–H groups in total. The number of amides is 1. The van der Waals surface area contributed by atoms with Crippen LogP contribution in [0.3, 0.4) is 0 Å². The minimum atomic E-state index is -0.514. The molecule has 0 unspecified atom stereocenters. The Hall–Kier alpha value is -0.870. The Morgan fingerprint density at radius 2 is 2.12 bits per heavy atom. The number of carbonyl (C=O) groups excluding carboxylic acids is 1. The van der Waals surface area contributed by atoms with E-state index in [1.54, 1.807) is 30.3 Å². The van der Waals surface area contributed by atoms with Crippen LogP contribution >= 0.6 is 11.3 Å². The lowest BCUT2D eigenvalue weighted by atomic mass is 10.0. The second kappa shape index (κ2) is 4.97. The number of nitrogens with one attached hydrogen (secondary N) is 1. The summed E-state index contributed by atoms with van der Waals surface area (Å²) >= 11 is 1.72. The number of hydrogen-bond acceptors (Lipinski definition) is 3. The Kier molecular flexibility index (Phi) is 4.10. The van der Waals surface area contributed by atoms with Crippen molar-refractivity contribution in [2.75, 3.05) is 14.1 Å². The second-order valence-corrected chi connectivity index (χ2v) is 5.71. The molecule has 0 aliphatic rings. The number of aryl methyl sites for hydroxylation is 1. The van der Waals surface area contributed by atoms with Crippen LogP contribution in [-0.4, -0.2) is 30.4 Å². The molecule has 0 aliphatic carbocycles. The first-order chi connectivity index (χ1) is 7.34. The van der Waals surface area contributed by atoms with Crippen LogP contribution in [0.1, 0.15) is 24.3 Å². The summed E-state index contributed by atoms with van der Waals surface area (Å²) in [6.45, 7) is 6.67. The Morgan fingerprint density at radius 3 is 2.56 bits per heavy atom. The highest BCUT2D eigenvalue weighted by Crippen LogP contribution is 2.16. The van der Waals surface area contributed by atoms with Gasteiger partial charge in [0.15, 0.2) is 0 Å². The van der Waals surface area contributed by atoms with Gasteiger partial charge in [-0.15, -0.1) is 11.3 Å². The van der Waals surface area contributed by atoms with Crippen molar-refractivity contribution in [3.05, 3.63) is 21.9 Å². The maximum absolute atomic E-state index is 11.9. The maximum Gasteiger partial charge on any atom is 0.241 e. The molecule has 0 saturated carbocycles. The SMILES string of the molecule is Cc1ccsc1CNC(C)(C)C(=O)N(C)C. The summed E-state index contributed by atoms with van der Waals surface area (Å²) < 4.78 is 0. The van der Waals surface area contributed by atoms with Gasteiger partial charge in [0, 0.05) is 25.5 Å². The zero-order valence-corrected chi connectivity index (χ0v) is 11.4. The second-order valence-electron chi connectivity index (χ2n) is 4.70. The largest absolute Gasteiger partial charge is 0.347 e. The average Bonchev–Trinajstić information content (AvgIpc) is 2.60. The van der Waals surface area contributed by atoms with Crippen molar-refractivity contribution < 1.29 is 4.79 Å². The quantitative estimate of drug-likeness (QED) is 0.873.